The molecule has 112 valence electrons. The maximum atomic E-state index is 3.54. The SMILES string of the molecule is Cc1ccc(CSc2cccc(CNC(C)(C)C)c2)cc1. The van der Waals surface area contributed by atoms with Crippen molar-refractivity contribution in [2.75, 3.05) is 0 Å². The standard InChI is InChI=1S/C19H25NS/c1-15-8-10-16(11-9-15)14-21-18-7-5-6-17(12-18)13-20-19(2,3)4/h5-12,20H,13-14H2,1-4H3. The fraction of sp³-hybridized carbons (Fsp3) is 0.368. The number of benzene rings is 2. The summed E-state index contributed by atoms with van der Waals surface area (Å²) in [5.41, 5.74) is 4.20. The Balaban J connectivity index is 1.93. The van der Waals surface area contributed by atoms with Crippen molar-refractivity contribution in [2.24, 2.45) is 0 Å². The van der Waals surface area contributed by atoms with Crippen LogP contribution in [-0.2, 0) is 12.3 Å². The van der Waals surface area contributed by atoms with Gasteiger partial charge in [-0.1, -0.05) is 42.0 Å². The Kier molecular flexibility index (Phi) is 5.49. The van der Waals surface area contributed by atoms with Gasteiger partial charge in [0.05, 0.1) is 0 Å². The van der Waals surface area contributed by atoms with E-state index in [9.17, 15) is 0 Å². The Bertz CT molecular complexity index is 567. The molecule has 0 radical (unpaired) electrons. The lowest BCUT2D eigenvalue weighted by atomic mass is 10.1. The van der Waals surface area contributed by atoms with Crippen molar-refractivity contribution in [1.82, 2.24) is 5.32 Å². The molecule has 0 atom stereocenters. The number of nitrogens with one attached hydrogen (secondary N) is 1. The molecular weight excluding hydrogens is 274 g/mol. The first-order chi connectivity index (χ1) is 9.92. The van der Waals surface area contributed by atoms with Crippen LogP contribution in [0.3, 0.4) is 0 Å². The van der Waals surface area contributed by atoms with Crippen molar-refractivity contribution < 1.29 is 0 Å². The fourth-order valence-corrected chi connectivity index (χ4v) is 2.90. The van der Waals surface area contributed by atoms with Crippen LogP contribution in [-0.4, -0.2) is 5.54 Å². The Morgan fingerprint density at radius 2 is 1.67 bits per heavy atom. The zero-order valence-corrected chi connectivity index (χ0v) is 14.3. The Morgan fingerprint density at radius 1 is 0.952 bits per heavy atom. The van der Waals surface area contributed by atoms with Gasteiger partial charge in [0.2, 0.25) is 0 Å². The van der Waals surface area contributed by atoms with E-state index in [1.54, 1.807) is 0 Å². The molecule has 2 rings (SSSR count). The zero-order valence-electron chi connectivity index (χ0n) is 13.4. The minimum atomic E-state index is 0.158. The molecule has 1 nitrogen and oxygen atoms in total. The summed E-state index contributed by atoms with van der Waals surface area (Å²) in [7, 11) is 0. The molecule has 0 amide bonds. The summed E-state index contributed by atoms with van der Waals surface area (Å²) in [5.74, 6) is 1.02. The molecule has 0 fully saturated rings. The molecule has 0 saturated heterocycles. The van der Waals surface area contributed by atoms with E-state index in [1.807, 2.05) is 11.8 Å². The van der Waals surface area contributed by atoms with Crippen molar-refractivity contribution in [3.63, 3.8) is 0 Å². The summed E-state index contributed by atoms with van der Waals surface area (Å²) in [6.45, 7) is 9.64. The van der Waals surface area contributed by atoms with Crippen LogP contribution in [0.25, 0.3) is 0 Å². The van der Waals surface area contributed by atoms with Gasteiger partial charge in [0, 0.05) is 22.7 Å². The van der Waals surface area contributed by atoms with Gasteiger partial charge in [-0.15, -0.1) is 11.8 Å². The fourth-order valence-electron chi connectivity index (χ4n) is 1.96. The average molecular weight is 299 g/mol. The largest absolute Gasteiger partial charge is 0.308 e. The number of thioether (sulfide) groups is 1. The van der Waals surface area contributed by atoms with Crippen LogP contribution >= 0.6 is 11.8 Å². The maximum Gasteiger partial charge on any atom is 0.0231 e. The van der Waals surface area contributed by atoms with Crippen LogP contribution in [0.15, 0.2) is 53.4 Å². The Morgan fingerprint density at radius 3 is 2.33 bits per heavy atom. The van der Waals surface area contributed by atoms with Crippen molar-refractivity contribution in [1.29, 1.82) is 0 Å². The predicted octanol–water partition coefficient (Wildman–Crippen LogP) is 5.18. The third-order valence-electron chi connectivity index (χ3n) is 3.25. The highest BCUT2D eigenvalue weighted by Crippen LogP contribution is 2.24. The Hall–Kier alpha value is -1.25. The molecule has 2 heteroatoms. The van der Waals surface area contributed by atoms with E-state index in [1.165, 1.54) is 21.6 Å². The van der Waals surface area contributed by atoms with Crippen molar-refractivity contribution in [3.05, 3.63) is 65.2 Å². The van der Waals surface area contributed by atoms with Gasteiger partial charge in [0.15, 0.2) is 0 Å². The highest BCUT2D eigenvalue weighted by molar-refractivity contribution is 7.98. The first-order valence-corrected chi connectivity index (χ1v) is 8.43. The zero-order chi connectivity index (χ0) is 15.3. The third kappa shape index (κ3) is 5.94. The summed E-state index contributed by atoms with van der Waals surface area (Å²) < 4.78 is 0. The van der Waals surface area contributed by atoms with Gasteiger partial charge in [-0.05, 0) is 51.0 Å². The van der Waals surface area contributed by atoms with Gasteiger partial charge in [-0.25, -0.2) is 0 Å². The summed E-state index contributed by atoms with van der Waals surface area (Å²) in [6.07, 6.45) is 0. The first-order valence-electron chi connectivity index (χ1n) is 7.45. The van der Waals surface area contributed by atoms with E-state index in [-0.39, 0.29) is 5.54 Å². The molecule has 0 saturated carbocycles. The highest BCUT2D eigenvalue weighted by atomic mass is 32.2. The van der Waals surface area contributed by atoms with E-state index in [0.29, 0.717) is 0 Å². The number of hydrogen-bond donors (Lipinski definition) is 1. The molecule has 0 bridgehead atoms. The minimum Gasteiger partial charge on any atom is -0.308 e. The van der Waals surface area contributed by atoms with Crippen molar-refractivity contribution in [3.8, 4) is 0 Å². The van der Waals surface area contributed by atoms with Crippen LogP contribution in [0.5, 0.6) is 0 Å². The van der Waals surface area contributed by atoms with Gasteiger partial charge in [-0.2, -0.15) is 0 Å². The third-order valence-corrected chi connectivity index (χ3v) is 4.31. The molecule has 0 aliphatic rings. The predicted molar refractivity (Wildman–Crippen MR) is 93.8 cm³/mol. The molecular formula is C19H25NS. The maximum absolute atomic E-state index is 3.54. The van der Waals surface area contributed by atoms with Crippen molar-refractivity contribution in [2.45, 2.75) is 50.4 Å². The molecule has 1 N–H and O–H groups in total. The van der Waals surface area contributed by atoms with E-state index < -0.39 is 0 Å². The quantitative estimate of drug-likeness (QED) is 0.764. The number of aryl methyl sites for hydroxylation is 1. The molecule has 2 aromatic rings. The minimum absolute atomic E-state index is 0.158. The molecule has 0 aromatic heterocycles. The van der Waals surface area contributed by atoms with Crippen molar-refractivity contribution >= 4 is 11.8 Å². The second-order valence-electron chi connectivity index (χ2n) is 6.53. The van der Waals surface area contributed by atoms with Gasteiger partial charge in [0.25, 0.3) is 0 Å². The van der Waals surface area contributed by atoms with Gasteiger partial charge < -0.3 is 5.32 Å². The molecule has 2 aromatic carbocycles. The normalized spacial score (nSPS) is 11.6. The lowest BCUT2D eigenvalue weighted by Crippen LogP contribution is -2.35. The molecule has 0 unspecified atom stereocenters. The number of hydrogen-bond acceptors (Lipinski definition) is 2. The topological polar surface area (TPSA) is 12.0 Å². The second kappa shape index (κ2) is 7.15. The molecule has 21 heavy (non-hydrogen) atoms. The monoisotopic (exact) mass is 299 g/mol. The summed E-state index contributed by atoms with van der Waals surface area (Å²) in [5, 5.41) is 3.54. The first kappa shape index (κ1) is 16.1. The van der Waals surface area contributed by atoms with Gasteiger partial charge in [-0.3, -0.25) is 0 Å². The van der Waals surface area contributed by atoms with E-state index in [2.05, 4.69) is 81.5 Å². The second-order valence-corrected chi connectivity index (χ2v) is 7.57. The number of rotatable bonds is 5. The van der Waals surface area contributed by atoms with Gasteiger partial charge >= 0.3 is 0 Å². The smallest absolute Gasteiger partial charge is 0.0231 e. The summed E-state index contributed by atoms with van der Waals surface area (Å²) >= 11 is 1.90. The summed E-state index contributed by atoms with van der Waals surface area (Å²) in [6, 6.07) is 17.6. The molecule has 0 spiro atoms. The lowest BCUT2D eigenvalue weighted by molar-refractivity contribution is 0.424. The van der Waals surface area contributed by atoms with E-state index in [4.69, 9.17) is 0 Å². The van der Waals surface area contributed by atoms with Gasteiger partial charge in [0.1, 0.15) is 0 Å². The van der Waals surface area contributed by atoms with Crippen LogP contribution in [0, 0.1) is 6.92 Å². The molecule has 0 aliphatic carbocycles. The molecule has 0 heterocycles. The van der Waals surface area contributed by atoms with Crippen LogP contribution in [0.2, 0.25) is 0 Å². The van der Waals surface area contributed by atoms with E-state index in [0.717, 1.165) is 12.3 Å². The lowest BCUT2D eigenvalue weighted by Gasteiger charge is -2.20. The van der Waals surface area contributed by atoms with Crippen LogP contribution < -0.4 is 5.32 Å². The molecule has 0 aliphatic heterocycles. The van der Waals surface area contributed by atoms with Crippen LogP contribution in [0.4, 0.5) is 0 Å². The van der Waals surface area contributed by atoms with E-state index >= 15 is 0 Å². The van der Waals surface area contributed by atoms with Crippen LogP contribution in [0.1, 0.15) is 37.5 Å². The Labute approximate surface area is 133 Å². The highest BCUT2D eigenvalue weighted by Gasteiger charge is 2.08. The summed E-state index contributed by atoms with van der Waals surface area (Å²) in [4.78, 5) is 1.34. The average Bonchev–Trinajstić information content (AvgIpc) is 2.44.